The van der Waals surface area contributed by atoms with Gasteiger partial charge in [0.2, 0.25) is 0 Å². The van der Waals surface area contributed by atoms with Crippen molar-refractivity contribution in [3.05, 3.63) is 76.7 Å². The number of aliphatic hydroxyl groups is 1. The van der Waals surface area contributed by atoms with Crippen LogP contribution >= 0.6 is 22.9 Å². The molecule has 1 amide bonds. The number of nitrogens with zero attached hydrogens (tertiary/aromatic N) is 2. The quantitative estimate of drug-likeness (QED) is 0.407. The van der Waals surface area contributed by atoms with Crippen molar-refractivity contribution in [2.75, 3.05) is 5.32 Å². The van der Waals surface area contributed by atoms with Crippen LogP contribution < -0.4 is 5.32 Å². The van der Waals surface area contributed by atoms with Crippen LogP contribution in [0.3, 0.4) is 0 Å². The molecule has 0 radical (unpaired) electrons. The van der Waals surface area contributed by atoms with E-state index in [4.69, 9.17) is 11.6 Å². The first-order chi connectivity index (χ1) is 14.4. The van der Waals surface area contributed by atoms with E-state index in [1.807, 2.05) is 6.92 Å². The summed E-state index contributed by atoms with van der Waals surface area (Å²) in [5.41, 5.74) is 3.06. The average Bonchev–Trinajstić information content (AvgIpc) is 3.14. The van der Waals surface area contributed by atoms with Crippen molar-refractivity contribution in [3.8, 4) is 11.3 Å². The van der Waals surface area contributed by atoms with Gasteiger partial charge < -0.3 is 5.11 Å². The third kappa shape index (κ3) is 4.18. The van der Waals surface area contributed by atoms with Crippen LogP contribution in [0.2, 0.25) is 5.02 Å². The number of benzene rings is 2. The van der Waals surface area contributed by atoms with Crippen molar-refractivity contribution < 1.29 is 14.3 Å². The minimum atomic E-state index is -0.603. The average molecular weight is 442 g/mol. The van der Waals surface area contributed by atoms with Gasteiger partial charge in [-0.3, -0.25) is 15.1 Å². The van der Waals surface area contributed by atoms with Gasteiger partial charge in [0.25, 0.3) is 5.91 Å². The van der Waals surface area contributed by atoms with Gasteiger partial charge in [0.05, 0.1) is 27.0 Å². The van der Waals surface area contributed by atoms with Crippen LogP contribution in [-0.4, -0.2) is 21.0 Å². The van der Waals surface area contributed by atoms with Gasteiger partial charge in [-0.2, -0.15) is 0 Å². The van der Waals surface area contributed by atoms with E-state index in [1.165, 1.54) is 23.5 Å². The Morgan fingerprint density at radius 1 is 1.23 bits per heavy atom. The molecule has 152 valence electrons. The van der Waals surface area contributed by atoms with Crippen LogP contribution in [0, 0.1) is 5.82 Å². The number of hydrogen-bond donors (Lipinski definition) is 2. The molecule has 1 atom stereocenters. The van der Waals surface area contributed by atoms with E-state index in [2.05, 4.69) is 15.3 Å². The van der Waals surface area contributed by atoms with Gasteiger partial charge >= 0.3 is 0 Å². The molecule has 5 nitrogen and oxygen atoms in total. The summed E-state index contributed by atoms with van der Waals surface area (Å²) < 4.78 is 14.0. The number of fused-ring (bicyclic) bond motifs is 1. The van der Waals surface area contributed by atoms with Crippen LogP contribution in [0.1, 0.15) is 35.4 Å². The second-order valence-electron chi connectivity index (χ2n) is 6.69. The highest BCUT2D eigenvalue weighted by Crippen LogP contribution is 2.30. The normalized spacial score (nSPS) is 12.1. The zero-order valence-electron chi connectivity index (χ0n) is 15.9. The molecule has 0 spiro atoms. The van der Waals surface area contributed by atoms with E-state index in [0.29, 0.717) is 43.6 Å². The maximum absolute atomic E-state index is 13.3. The molecule has 30 heavy (non-hydrogen) atoms. The molecule has 0 aliphatic heterocycles. The van der Waals surface area contributed by atoms with E-state index in [-0.39, 0.29) is 11.7 Å². The fourth-order valence-corrected chi connectivity index (χ4v) is 4.15. The van der Waals surface area contributed by atoms with E-state index in [0.717, 1.165) is 5.56 Å². The highest BCUT2D eigenvalue weighted by molar-refractivity contribution is 7.22. The van der Waals surface area contributed by atoms with E-state index < -0.39 is 6.10 Å². The number of anilines is 1. The summed E-state index contributed by atoms with van der Waals surface area (Å²) >= 11 is 7.55. The number of thiazole rings is 1. The molecule has 0 bridgehead atoms. The van der Waals surface area contributed by atoms with Crippen LogP contribution in [0.15, 0.2) is 54.7 Å². The number of pyridine rings is 1. The molecule has 2 aromatic carbocycles. The fraction of sp³-hybridized carbons (Fsp3) is 0.136. The van der Waals surface area contributed by atoms with Gasteiger partial charge in [-0.15, -0.1) is 0 Å². The van der Waals surface area contributed by atoms with E-state index in [9.17, 15) is 14.3 Å². The SMILES string of the molecule is CC[C@@H](O)c1cnc(-c2ccc(C(=O)Nc3nc4ccc(F)cc4s3)cc2)c(Cl)c1. The highest BCUT2D eigenvalue weighted by Gasteiger charge is 2.13. The van der Waals surface area contributed by atoms with E-state index in [1.54, 1.807) is 42.6 Å². The zero-order chi connectivity index (χ0) is 21.3. The van der Waals surface area contributed by atoms with Crippen LogP contribution in [-0.2, 0) is 0 Å². The molecule has 2 heterocycles. The standard InChI is InChI=1S/C22H17ClFN3O2S/c1-2-18(28)14-9-16(23)20(25-11-14)12-3-5-13(6-4-12)21(29)27-22-26-17-8-7-15(24)10-19(17)30-22/h3-11,18,28H,2H2,1H3,(H,26,27,29)/t18-/m1/s1. The smallest absolute Gasteiger partial charge is 0.257 e. The summed E-state index contributed by atoms with van der Waals surface area (Å²) in [7, 11) is 0. The number of amides is 1. The Morgan fingerprint density at radius 2 is 2.00 bits per heavy atom. The molecular weight excluding hydrogens is 425 g/mol. The van der Waals surface area contributed by atoms with Crippen LogP contribution in [0.5, 0.6) is 0 Å². The molecule has 0 aliphatic carbocycles. The maximum atomic E-state index is 13.3. The van der Waals surface area contributed by atoms with Crippen molar-refractivity contribution in [2.45, 2.75) is 19.4 Å². The maximum Gasteiger partial charge on any atom is 0.257 e. The zero-order valence-corrected chi connectivity index (χ0v) is 17.5. The molecule has 0 fully saturated rings. The molecule has 0 saturated carbocycles. The third-order valence-corrected chi connectivity index (χ3v) is 5.85. The second-order valence-corrected chi connectivity index (χ2v) is 8.12. The summed E-state index contributed by atoms with van der Waals surface area (Å²) in [4.78, 5) is 21.2. The Balaban J connectivity index is 1.52. The lowest BCUT2D eigenvalue weighted by Gasteiger charge is -2.10. The Labute approximate surface area is 181 Å². The Kier molecular flexibility index (Phi) is 5.76. The first-order valence-corrected chi connectivity index (χ1v) is 10.5. The van der Waals surface area contributed by atoms with Gasteiger partial charge in [-0.25, -0.2) is 9.37 Å². The molecule has 4 aromatic rings. The lowest BCUT2D eigenvalue weighted by molar-refractivity contribution is 0.102. The van der Waals surface area contributed by atoms with Crippen LogP contribution in [0.4, 0.5) is 9.52 Å². The molecule has 4 rings (SSSR count). The molecular formula is C22H17ClFN3O2S. The minimum Gasteiger partial charge on any atom is -0.388 e. The Morgan fingerprint density at radius 3 is 2.70 bits per heavy atom. The molecule has 2 aromatic heterocycles. The van der Waals surface area contributed by atoms with Crippen LogP contribution in [0.25, 0.3) is 21.5 Å². The van der Waals surface area contributed by atoms with Gasteiger partial charge in [-0.05, 0) is 42.8 Å². The summed E-state index contributed by atoms with van der Waals surface area (Å²) in [6.45, 7) is 1.88. The van der Waals surface area contributed by atoms with Crippen molar-refractivity contribution >= 4 is 44.2 Å². The monoisotopic (exact) mass is 441 g/mol. The van der Waals surface area contributed by atoms with Gasteiger partial charge in [0.15, 0.2) is 5.13 Å². The Bertz CT molecular complexity index is 1230. The number of rotatable bonds is 5. The summed E-state index contributed by atoms with van der Waals surface area (Å²) in [6.07, 6.45) is 1.57. The topological polar surface area (TPSA) is 75.1 Å². The number of halogens is 2. The number of hydrogen-bond acceptors (Lipinski definition) is 5. The first kappa shape index (κ1) is 20.4. The third-order valence-electron chi connectivity index (χ3n) is 4.63. The largest absolute Gasteiger partial charge is 0.388 e. The molecule has 0 saturated heterocycles. The van der Waals surface area contributed by atoms with Crippen molar-refractivity contribution in [2.24, 2.45) is 0 Å². The van der Waals surface area contributed by atoms with Crippen molar-refractivity contribution in [1.82, 2.24) is 9.97 Å². The van der Waals surface area contributed by atoms with E-state index >= 15 is 0 Å². The van der Waals surface area contributed by atoms with Gasteiger partial charge in [-0.1, -0.05) is 42.0 Å². The predicted molar refractivity (Wildman–Crippen MR) is 117 cm³/mol. The summed E-state index contributed by atoms with van der Waals surface area (Å²) in [5, 5.41) is 13.5. The van der Waals surface area contributed by atoms with Crippen molar-refractivity contribution in [1.29, 1.82) is 0 Å². The number of nitrogens with one attached hydrogen (secondary N) is 1. The fourth-order valence-electron chi connectivity index (χ4n) is 2.98. The Hall–Kier alpha value is -2.87. The lowest BCUT2D eigenvalue weighted by Crippen LogP contribution is -2.11. The minimum absolute atomic E-state index is 0.318. The number of aliphatic hydroxyl groups excluding tert-OH is 1. The summed E-state index contributed by atoms with van der Waals surface area (Å²) in [5.74, 6) is -0.661. The molecule has 2 N–H and O–H groups in total. The highest BCUT2D eigenvalue weighted by atomic mass is 35.5. The lowest BCUT2D eigenvalue weighted by atomic mass is 10.1. The number of carbonyl (C=O) groups is 1. The second kappa shape index (κ2) is 8.47. The molecule has 8 heteroatoms. The van der Waals surface area contributed by atoms with Crippen molar-refractivity contribution in [3.63, 3.8) is 0 Å². The molecule has 0 unspecified atom stereocenters. The number of aromatic nitrogens is 2. The van der Waals surface area contributed by atoms with Gasteiger partial charge in [0.1, 0.15) is 5.82 Å². The number of carbonyl (C=O) groups excluding carboxylic acids is 1. The summed E-state index contributed by atoms with van der Waals surface area (Å²) in [6, 6.07) is 12.9. The first-order valence-electron chi connectivity index (χ1n) is 9.26. The molecule has 0 aliphatic rings. The predicted octanol–water partition coefficient (Wildman–Crippen LogP) is 5.85. The van der Waals surface area contributed by atoms with Gasteiger partial charge in [0, 0.05) is 22.9 Å².